The minimum Gasteiger partial charge on any atom is -0.298 e. The Labute approximate surface area is 65.5 Å². The molecule has 0 saturated heterocycles. The molecule has 0 aromatic heterocycles. The number of carbonyl (C=O) groups excluding carboxylic acids is 1. The smallest absolute Gasteiger partial charge is 0.151 e. The summed E-state index contributed by atoms with van der Waals surface area (Å²) in [4.78, 5) is 13.1. The molecule has 0 saturated carbocycles. The number of thiol groups is 1. The summed E-state index contributed by atoms with van der Waals surface area (Å²) < 4.78 is 0. The number of Topliss-reactive ketones (excluding diaryl/α,β-unsaturated/α-hetero) is 1. The van der Waals surface area contributed by atoms with Crippen LogP contribution >= 0.6 is 24.4 Å². The molecule has 0 aromatic carbocycles. The number of hydrogen-bond donors (Lipinski definition) is 2. The molecule has 0 fully saturated rings. The molecule has 9 heavy (non-hydrogen) atoms. The fraction of sp³-hybridized carbons (Fsp3) is 0.800. The van der Waals surface area contributed by atoms with Crippen molar-refractivity contribution >= 4 is 30.2 Å². The largest absolute Gasteiger partial charge is 0.298 e. The maximum atomic E-state index is 10.8. The van der Waals surface area contributed by atoms with Crippen molar-refractivity contribution in [1.29, 1.82) is 0 Å². The lowest BCUT2D eigenvalue weighted by molar-refractivity contribution is -0.119. The third-order valence-corrected chi connectivity index (χ3v) is 1.68. The van der Waals surface area contributed by atoms with E-state index in [1.165, 1.54) is 0 Å². The SMILES string of the molecule is CCC(=O)C(CS)NCl. The van der Waals surface area contributed by atoms with Gasteiger partial charge in [-0.2, -0.15) is 12.6 Å². The van der Waals surface area contributed by atoms with Crippen LogP contribution in [0, 0.1) is 0 Å². The van der Waals surface area contributed by atoms with Gasteiger partial charge in [0.1, 0.15) is 0 Å². The molecular weight excluding hydrogens is 158 g/mol. The second-order valence-corrected chi connectivity index (χ2v) is 2.25. The minimum absolute atomic E-state index is 0.0972. The van der Waals surface area contributed by atoms with Crippen LogP contribution in [0.3, 0.4) is 0 Å². The van der Waals surface area contributed by atoms with Gasteiger partial charge in [-0.3, -0.25) is 4.79 Å². The minimum atomic E-state index is -0.292. The predicted octanol–water partition coefficient (Wildman–Crippen LogP) is 1.01. The Balaban J connectivity index is 3.64. The van der Waals surface area contributed by atoms with Crippen molar-refractivity contribution in [3.05, 3.63) is 0 Å². The molecule has 54 valence electrons. The quantitative estimate of drug-likeness (QED) is 0.484. The third kappa shape index (κ3) is 3.08. The summed E-state index contributed by atoms with van der Waals surface area (Å²) in [6.45, 7) is 1.80. The van der Waals surface area contributed by atoms with Crippen LogP contribution in [0.1, 0.15) is 13.3 Å². The normalized spacial score (nSPS) is 13.2. The Morgan fingerprint density at radius 1 is 1.89 bits per heavy atom. The topological polar surface area (TPSA) is 29.1 Å². The molecule has 0 radical (unpaired) electrons. The zero-order valence-electron chi connectivity index (χ0n) is 5.22. The highest BCUT2D eigenvalue weighted by Gasteiger charge is 2.11. The van der Waals surface area contributed by atoms with Crippen LogP contribution in [0.25, 0.3) is 0 Å². The van der Waals surface area contributed by atoms with Crippen LogP contribution < -0.4 is 4.84 Å². The van der Waals surface area contributed by atoms with Gasteiger partial charge in [0.2, 0.25) is 0 Å². The van der Waals surface area contributed by atoms with Crippen molar-refractivity contribution in [1.82, 2.24) is 4.84 Å². The molecule has 4 heteroatoms. The van der Waals surface area contributed by atoms with Crippen LogP contribution in [0.5, 0.6) is 0 Å². The third-order valence-electron chi connectivity index (χ3n) is 1.05. The van der Waals surface area contributed by atoms with Gasteiger partial charge in [0.15, 0.2) is 5.78 Å². The molecule has 0 heterocycles. The van der Waals surface area contributed by atoms with Crippen molar-refractivity contribution in [2.45, 2.75) is 19.4 Å². The van der Waals surface area contributed by atoms with E-state index in [4.69, 9.17) is 11.8 Å². The molecule has 0 rings (SSSR count). The first-order valence-electron chi connectivity index (χ1n) is 2.76. The number of nitrogens with one attached hydrogen (secondary N) is 1. The number of hydrogen-bond acceptors (Lipinski definition) is 3. The van der Waals surface area contributed by atoms with E-state index in [-0.39, 0.29) is 11.8 Å². The van der Waals surface area contributed by atoms with Gasteiger partial charge in [0.05, 0.1) is 6.04 Å². The second kappa shape index (κ2) is 5.09. The number of carbonyl (C=O) groups is 1. The van der Waals surface area contributed by atoms with E-state index in [0.717, 1.165) is 0 Å². The summed E-state index contributed by atoms with van der Waals surface area (Å²) in [5.74, 6) is 0.552. The Kier molecular flexibility index (Phi) is 5.24. The van der Waals surface area contributed by atoms with Crippen LogP contribution in [0.15, 0.2) is 0 Å². The molecule has 0 bridgehead atoms. The van der Waals surface area contributed by atoms with Crippen LogP contribution in [0.2, 0.25) is 0 Å². The zero-order chi connectivity index (χ0) is 7.28. The van der Waals surface area contributed by atoms with Crippen molar-refractivity contribution in [2.24, 2.45) is 0 Å². The zero-order valence-corrected chi connectivity index (χ0v) is 6.88. The summed E-state index contributed by atoms with van der Waals surface area (Å²) in [6.07, 6.45) is 0.505. The van der Waals surface area contributed by atoms with E-state index in [1.54, 1.807) is 6.92 Å². The van der Waals surface area contributed by atoms with E-state index >= 15 is 0 Å². The monoisotopic (exact) mass is 167 g/mol. The lowest BCUT2D eigenvalue weighted by Gasteiger charge is -2.06. The fourth-order valence-corrected chi connectivity index (χ4v) is 1.04. The lowest BCUT2D eigenvalue weighted by atomic mass is 10.2. The number of halogens is 1. The Morgan fingerprint density at radius 3 is 2.56 bits per heavy atom. The molecule has 0 aromatic rings. The maximum absolute atomic E-state index is 10.8. The van der Waals surface area contributed by atoms with E-state index in [1.807, 2.05) is 0 Å². The summed E-state index contributed by atoms with van der Waals surface area (Å²) in [5.41, 5.74) is 0. The van der Waals surface area contributed by atoms with Gasteiger partial charge in [-0.1, -0.05) is 6.92 Å². The van der Waals surface area contributed by atoms with Crippen LogP contribution in [-0.4, -0.2) is 17.6 Å². The van der Waals surface area contributed by atoms with Crippen molar-refractivity contribution in [3.8, 4) is 0 Å². The van der Waals surface area contributed by atoms with Crippen LogP contribution in [-0.2, 0) is 4.79 Å². The molecule has 0 aliphatic heterocycles. The first kappa shape index (κ1) is 9.27. The predicted molar refractivity (Wildman–Crippen MR) is 41.9 cm³/mol. The average Bonchev–Trinajstić information content (AvgIpc) is 1.90. The van der Waals surface area contributed by atoms with Gasteiger partial charge in [0, 0.05) is 12.2 Å². The lowest BCUT2D eigenvalue weighted by Crippen LogP contribution is -2.31. The summed E-state index contributed by atoms with van der Waals surface area (Å²) in [7, 11) is 0. The van der Waals surface area contributed by atoms with Gasteiger partial charge >= 0.3 is 0 Å². The highest BCUT2D eigenvalue weighted by Crippen LogP contribution is 1.94. The summed E-state index contributed by atoms with van der Waals surface area (Å²) in [5, 5.41) is 0. The van der Waals surface area contributed by atoms with Gasteiger partial charge in [-0.15, -0.1) is 0 Å². The molecule has 0 spiro atoms. The highest BCUT2D eigenvalue weighted by molar-refractivity contribution is 7.80. The van der Waals surface area contributed by atoms with Crippen molar-refractivity contribution < 1.29 is 4.79 Å². The summed E-state index contributed by atoms with van der Waals surface area (Å²) in [6, 6.07) is -0.292. The Morgan fingerprint density at radius 2 is 2.44 bits per heavy atom. The summed E-state index contributed by atoms with van der Waals surface area (Å²) >= 11 is 9.14. The van der Waals surface area contributed by atoms with Gasteiger partial charge < -0.3 is 0 Å². The van der Waals surface area contributed by atoms with Crippen LogP contribution in [0.4, 0.5) is 0 Å². The second-order valence-electron chi connectivity index (χ2n) is 1.66. The fourth-order valence-electron chi connectivity index (χ4n) is 0.444. The van der Waals surface area contributed by atoms with Gasteiger partial charge in [0.25, 0.3) is 0 Å². The van der Waals surface area contributed by atoms with Crippen molar-refractivity contribution in [3.63, 3.8) is 0 Å². The first-order chi connectivity index (χ1) is 4.26. The van der Waals surface area contributed by atoms with Gasteiger partial charge in [-0.25, -0.2) is 4.84 Å². The molecule has 0 aliphatic rings. The molecule has 1 atom stereocenters. The Bertz CT molecular complexity index is 95.0. The molecule has 0 amide bonds. The molecule has 1 unspecified atom stereocenters. The molecule has 2 nitrogen and oxygen atoms in total. The molecular formula is C5H10ClNOS. The highest BCUT2D eigenvalue weighted by atomic mass is 35.5. The Hall–Kier alpha value is 0.270. The van der Waals surface area contributed by atoms with E-state index < -0.39 is 0 Å². The van der Waals surface area contributed by atoms with Crippen molar-refractivity contribution in [2.75, 3.05) is 5.75 Å². The number of rotatable bonds is 4. The number of ketones is 1. The standard InChI is InChI=1S/C5H10ClNOS/c1-2-5(8)4(3-9)7-6/h4,7,9H,2-3H2,1H3. The van der Waals surface area contributed by atoms with Gasteiger partial charge in [-0.05, 0) is 11.8 Å². The first-order valence-corrected chi connectivity index (χ1v) is 3.77. The van der Waals surface area contributed by atoms with E-state index in [9.17, 15) is 4.79 Å². The molecule has 0 aliphatic carbocycles. The average molecular weight is 168 g/mol. The maximum Gasteiger partial charge on any atom is 0.151 e. The van der Waals surface area contributed by atoms with E-state index in [2.05, 4.69) is 17.5 Å². The van der Waals surface area contributed by atoms with E-state index in [0.29, 0.717) is 12.2 Å². The molecule has 1 N–H and O–H groups in total.